The smallest absolute Gasteiger partial charge is 0.00137 e. The molecular formula is C70H48. The van der Waals surface area contributed by atoms with Gasteiger partial charge in [-0.1, -0.05) is 183 Å². The second-order valence-electron chi connectivity index (χ2n) is 20.1. The fourth-order valence-corrected chi connectivity index (χ4v) is 13.2. The van der Waals surface area contributed by atoms with E-state index in [-0.39, 0.29) is 0 Å². The van der Waals surface area contributed by atoms with Crippen LogP contribution in [0.3, 0.4) is 0 Å². The zero-order chi connectivity index (χ0) is 46.5. The van der Waals surface area contributed by atoms with E-state index in [1.54, 1.807) is 0 Å². The molecule has 0 nitrogen and oxygen atoms in total. The summed E-state index contributed by atoms with van der Waals surface area (Å²) >= 11 is 0. The van der Waals surface area contributed by atoms with Gasteiger partial charge >= 0.3 is 0 Å². The molecule has 328 valence electrons. The minimum Gasteiger partial charge on any atom is -0.0622 e. The molecule has 0 saturated carbocycles. The standard InChI is InChI=1S/C70H48/c1-5-48-60-37-58(43-13-9-7-10-14-43)59(44-15-11-8-12-16-44)38-61(60)49(6-2)66-57-32-30-53-51-26-28-55-63-36-46(42-23-19-40(4)20-24-42)34-47-33-45(41-21-17-39(3)18-22-41)35-62(64(47)63)54-27-25-50(67(51)69(54)55)52-29-31-56(65(48)66)70(57)68(52)53/h7-38H,5-6H2,1-4H3. The van der Waals surface area contributed by atoms with E-state index in [0.717, 1.165) is 12.8 Å². The molecule has 0 spiro atoms. The average Bonchev–Trinajstić information content (AvgIpc) is 3.74. The third-order valence-electron chi connectivity index (χ3n) is 16.4. The van der Waals surface area contributed by atoms with Gasteiger partial charge in [0.1, 0.15) is 0 Å². The second-order valence-corrected chi connectivity index (χ2v) is 20.1. The van der Waals surface area contributed by atoms with Gasteiger partial charge in [0.15, 0.2) is 0 Å². The molecule has 0 N–H and O–H groups in total. The molecule has 15 rings (SSSR count). The summed E-state index contributed by atoms with van der Waals surface area (Å²) in [5.74, 6) is 0. The number of rotatable bonds is 6. The normalized spacial score (nSPS) is 12.4. The first kappa shape index (κ1) is 39.7. The first-order chi connectivity index (χ1) is 34.4. The summed E-state index contributed by atoms with van der Waals surface area (Å²) in [6.45, 7) is 9.06. The van der Waals surface area contributed by atoms with Crippen molar-refractivity contribution in [2.45, 2.75) is 40.5 Å². The van der Waals surface area contributed by atoms with Crippen LogP contribution in [0.5, 0.6) is 0 Å². The van der Waals surface area contributed by atoms with Crippen LogP contribution in [0.4, 0.5) is 0 Å². The van der Waals surface area contributed by atoms with Gasteiger partial charge in [-0.25, -0.2) is 0 Å². The van der Waals surface area contributed by atoms with Crippen molar-refractivity contribution >= 4 is 86.2 Å². The van der Waals surface area contributed by atoms with E-state index in [2.05, 4.69) is 222 Å². The molecule has 14 aromatic carbocycles. The molecule has 0 atom stereocenters. The predicted molar refractivity (Wildman–Crippen MR) is 303 cm³/mol. The number of hydrogen-bond acceptors (Lipinski definition) is 0. The van der Waals surface area contributed by atoms with Crippen LogP contribution in [-0.4, -0.2) is 0 Å². The highest BCUT2D eigenvalue weighted by Crippen LogP contribution is 2.58. The fourth-order valence-electron chi connectivity index (χ4n) is 13.2. The lowest BCUT2D eigenvalue weighted by Crippen LogP contribution is -1.99. The summed E-state index contributed by atoms with van der Waals surface area (Å²) in [4.78, 5) is 0. The van der Waals surface area contributed by atoms with Crippen molar-refractivity contribution in [3.05, 3.63) is 216 Å². The first-order valence-corrected chi connectivity index (χ1v) is 25.2. The fraction of sp³-hybridized carbons (Fsp3) is 0.0857. The lowest BCUT2D eigenvalue weighted by atomic mass is 9.82. The Morgan fingerprint density at radius 2 is 0.629 bits per heavy atom. The van der Waals surface area contributed by atoms with Crippen molar-refractivity contribution in [1.82, 2.24) is 0 Å². The molecule has 1 aliphatic carbocycles. The van der Waals surface area contributed by atoms with Gasteiger partial charge in [-0.2, -0.15) is 0 Å². The first-order valence-electron chi connectivity index (χ1n) is 25.2. The SMILES string of the molecule is CCc1c2c(c(CC)c3cc(-c4ccccc4)c(-c4ccccc4)cc13)-c1ccc3c4ccc5c6cc(-c7ccc(C)cc7)cc7cc(-c8ccc(C)cc8)cc(c8ccc(c9ccc-2c1c93)c4c85)c76. The monoisotopic (exact) mass is 888 g/mol. The summed E-state index contributed by atoms with van der Waals surface area (Å²) in [5, 5.41) is 21.6. The highest BCUT2D eigenvalue weighted by Gasteiger charge is 2.31. The Hall–Kier alpha value is -8.32. The molecule has 14 aromatic rings. The Labute approximate surface area is 407 Å². The van der Waals surface area contributed by atoms with Gasteiger partial charge in [-0.15, -0.1) is 0 Å². The summed E-state index contributed by atoms with van der Waals surface area (Å²) in [6, 6.07) is 74.6. The van der Waals surface area contributed by atoms with Crippen LogP contribution in [0.2, 0.25) is 0 Å². The van der Waals surface area contributed by atoms with Gasteiger partial charge < -0.3 is 0 Å². The van der Waals surface area contributed by atoms with Gasteiger partial charge in [0.25, 0.3) is 0 Å². The van der Waals surface area contributed by atoms with E-state index >= 15 is 0 Å². The molecule has 0 radical (unpaired) electrons. The number of fused-ring (bicyclic) bond motifs is 8. The van der Waals surface area contributed by atoms with Gasteiger partial charge in [0.05, 0.1) is 0 Å². The number of hydrogen-bond donors (Lipinski definition) is 0. The average molecular weight is 889 g/mol. The van der Waals surface area contributed by atoms with Crippen LogP contribution in [0.25, 0.3) is 153 Å². The lowest BCUT2D eigenvalue weighted by molar-refractivity contribution is 1.14. The lowest BCUT2D eigenvalue weighted by Gasteiger charge is -2.21. The summed E-state index contributed by atoms with van der Waals surface area (Å²) in [6.07, 6.45) is 1.90. The molecule has 0 bridgehead atoms. The number of aryl methyl sites for hydroxylation is 4. The zero-order valence-electron chi connectivity index (χ0n) is 39.9. The van der Waals surface area contributed by atoms with Crippen molar-refractivity contribution < 1.29 is 0 Å². The Morgan fingerprint density at radius 3 is 1.03 bits per heavy atom. The Morgan fingerprint density at radius 1 is 0.257 bits per heavy atom. The van der Waals surface area contributed by atoms with E-state index in [0.29, 0.717) is 0 Å². The summed E-state index contributed by atoms with van der Waals surface area (Å²) in [5.41, 5.74) is 21.2. The van der Waals surface area contributed by atoms with Crippen molar-refractivity contribution in [2.75, 3.05) is 0 Å². The minimum absolute atomic E-state index is 0.949. The quantitative estimate of drug-likeness (QED) is 0.115. The minimum atomic E-state index is 0.949. The maximum absolute atomic E-state index is 2.52. The molecule has 0 aliphatic heterocycles. The van der Waals surface area contributed by atoms with Crippen molar-refractivity contribution in [3.63, 3.8) is 0 Å². The van der Waals surface area contributed by atoms with Crippen LogP contribution in [0, 0.1) is 13.8 Å². The van der Waals surface area contributed by atoms with Gasteiger partial charge in [-0.3, -0.25) is 0 Å². The molecule has 0 unspecified atom stereocenters. The zero-order valence-corrected chi connectivity index (χ0v) is 39.9. The van der Waals surface area contributed by atoms with Gasteiger partial charge in [0.2, 0.25) is 0 Å². The third-order valence-corrected chi connectivity index (χ3v) is 16.4. The van der Waals surface area contributed by atoms with Crippen LogP contribution in [-0.2, 0) is 12.8 Å². The van der Waals surface area contributed by atoms with Crippen LogP contribution in [0.1, 0.15) is 36.1 Å². The van der Waals surface area contributed by atoms with Crippen molar-refractivity contribution in [3.8, 4) is 66.8 Å². The van der Waals surface area contributed by atoms with E-state index in [9.17, 15) is 0 Å². The maximum Gasteiger partial charge on any atom is -0.00137 e. The molecule has 0 fully saturated rings. The molecule has 0 heteroatoms. The van der Waals surface area contributed by atoms with Crippen LogP contribution in [0.15, 0.2) is 194 Å². The number of benzene rings is 14. The van der Waals surface area contributed by atoms with Gasteiger partial charge in [0, 0.05) is 0 Å². The Kier molecular flexibility index (Phi) is 8.27. The second kappa shape index (κ2) is 14.6. The van der Waals surface area contributed by atoms with Crippen molar-refractivity contribution in [1.29, 1.82) is 0 Å². The Bertz CT molecular complexity index is 4220. The molecule has 0 aromatic heterocycles. The summed E-state index contributed by atoms with van der Waals surface area (Å²) in [7, 11) is 0. The molecule has 0 saturated heterocycles. The molecule has 0 amide bonds. The van der Waals surface area contributed by atoms with E-state index in [4.69, 9.17) is 0 Å². The summed E-state index contributed by atoms with van der Waals surface area (Å²) < 4.78 is 0. The Balaban J connectivity index is 1.03. The van der Waals surface area contributed by atoms with E-state index in [1.807, 2.05) is 0 Å². The molecule has 70 heavy (non-hydrogen) atoms. The van der Waals surface area contributed by atoms with Crippen LogP contribution >= 0.6 is 0 Å². The molecule has 0 heterocycles. The van der Waals surface area contributed by atoms with Crippen molar-refractivity contribution in [2.24, 2.45) is 0 Å². The van der Waals surface area contributed by atoms with E-state index < -0.39 is 0 Å². The van der Waals surface area contributed by atoms with Crippen LogP contribution < -0.4 is 0 Å². The highest BCUT2D eigenvalue weighted by molar-refractivity contribution is 6.44. The largest absolute Gasteiger partial charge is 0.0622 e. The predicted octanol–water partition coefficient (Wildman–Crippen LogP) is 19.8. The molecular weight excluding hydrogens is 841 g/mol. The topological polar surface area (TPSA) is 0 Å². The molecule has 1 aliphatic rings. The maximum atomic E-state index is 2.52. The third kappa shape index (κ3) is 5.37. The highest BCUT2D eigenvalue weighted by atomic mass is 14.3. The van der Waals surface area contributed by atoms with Gasteiger partial charge in [-0.05, 0) is 227 Å². The van der Waals surface area contributed by atoms with E-state index in [1.165, 1.54) is 175 Å².